The predicted octanol–water partition coefficient (Wildman–Crippen LogP) is 2.92. The zero-order chi connectivity index (χ0) is 12.3. The highest BCUT2D eigenvalue weighted by Gasteiger charge is 2.11. The predicted molar refractivity (Wildman–Crippen MR) is 69.9 cm³/mol. The van der Waals surface area contributed by atoms with Gasteiger partial charge in [0.15, 0.2) is 0 Å². The largest absolute Gasteiger partial charge is 0.323 e. The van der Waals surface area contributed by atoms with Gasteiger partial charge in [0.05, 0.1) is 11.4 Å². The Kier molecular flexibility index (Phi) is 3.59. The zero-order valence-electron chi connectivity index (χ0n) is 10.4. The molecule has 1 atom stereocenters. The standard InChI is InChI=1S/C14H19N3/c1-11(2)10-13(15)14-8-9-17(16-14)12-6-4-3-5-7-12/h3-9,11,13H,10,15H2,1-2H3. The fraction of sp³-hybridized carbons (Fsp3) is 0.357. The minimum Gasteiger partial charge on any atom is -0.323 e. The third kappa shape index (κ3) is 2.94. The fourth-order valence-corrected chi connectivity index (χ4v) is 1.89. The van der Waals surface area contributed by atoms with Gasteiger partial charge in [0, 0.05) is 12.2 Å². The molecule has 2 rings (SSSR count). The minimum atomic E-state index is 0.0277. The van der Waals surface area contributed by atoms with Crippen molar-refractivity contribution in [1.82, 2.24) is 9.78 Å². The maximum absolute atomic E-state index is 6.11. The number of benzene rings is 1. The first-order valence-corrected chi connectivity index (χ1v) is 6.03. The van der Waals surface area contributed by atoms with Gasteiger partial charge in [-0.3, -0.25) is 0 Å². The molecule has 1 aromatic heterocycles. The van der Waals surface area contributed by atoms with Crippen molar-refractivity contribution in [2.24, 2.45) is 11.7 Å². The van der Waals surface area contributed by atoms with E-state index in [1.54, 1.807) is 0 Å². The molecule has 0 saturated carbocycles. The molecule has 3 nitrogen and oxygen atoms in total. The molecule has 1 heterocycles. The van der Waals surface area contributed by atoms with Crippen molar-refractivity contribution in [2.75, 3.05) is 0 Å². The molecule has 90 valence electrons. The van der Waals surface area contributed by atoms with Crippen molar-refractivity contribution in [1.29, 1.82) is 0 Å². The number of aromatic nitrogens is 2. The summed E-state index contributed by atoms with van der Waals surface area (Å²) in [4.78, 5) is 0. The molecule has 17 heavy (non-hydrogen) atoms. The Labute approximate surface area is 102 Å². The van der Waals surface area contributed by atoms with Crippen LogP contribution in [0, 0.1) is 5.92 Å². The van der Waals surface area contributed by atoms with E-state index >= 15 is 0 Å². The molecule has 0 aliphatic rings. The number of hydrogen-bond donors (Lipinski definition) is 1. The second-order valence-electron chi connectivity index (χ2n) is 4.76. The maximum atomic E-state index is 6.11. The van der Waals surface area contributed by atoms with Crippen LogP contribution in [-0.4, -0.2) is 9.78 Å². The van der Waals surface area contributed by atoms with Gasteiger partial charge >= 0.3 is 0 Å². The van der Waals surface area contributed by atoms with E-state index in [1.807, 2.05) is 47.3 Å². The summed E-state index contributed by atoms with van der Waals surface area (Å²) >= 11 is 0. The second kappa shape index (κ2) is 5.15. The van der Waals surface area contributed by atoms with Gasteiger partial charge in [-0.2, -0.15) is 5.10 Å². The third-order valence-electron chi connectivity index (χ3n) is 2.74. The number of rotatable bonds is 4. The van der Waals surface area contributed by atoms with Crippen molar-refractivity contribution in [3.8, 4) is 5.69 Å². The van der Waals surface area contributed by atoms with Crippen LogP contribution in [0.25, 0.3) is 5.69 Å². The van der Waals surface area contributed by atoms with E-state index in [-0.39, 0.29) is 6.04 Å². The summed E-state index contributed by atoms with van der Waals surface area (Å²) in [6.07, 6.45) is 2.93. The van der Waals surface area contributed by atoms with Crippen molar-refractivity contribution in [3.63, 3.8) is 0 Å². The first kappa shape index (κ1) is 11.9. The Balaban J connectivity index is 2.16. The van der Waals surface area contributed by atoms with Crippen LogP contribution in [0.3, 0.4) is 0 Å². The van der Waals surface area contributed by atoms with Gasteiger partial charge in [0.1, 0.15) is 0 Å². The average Bonchev–Trinajstić information content (AvgIpc) is 2.78. The number of nitrogens with zero attached hydrogens (tertiary/aromatic N) is 2. The summed E-state index contributed by atoms with van der Waals surface area (Å²) in [7, 11) is 0. The van der Waals surface area contributed by atoms with Gasteiger partial charge < -0.3 is 5.73 Å². The highest BCUT2D eigenvalue weighted by molar-refractivity contribution is 5.30. The van der Waals surface area contributed by atoms with Crippen molar-refractivity contribution >= 4 is 0 Å². The minimum absolute atomic E-state index is 0.0277. The Morgan fingerprint density at radius 2 is 1.88 bits per heavy atom. The molecule has 0 saturated heterocycles. The molecule has 0 amide bonds. The summed E-state index contributed by atoms with van der Waals surface area (Å²) in [5.41, 5.74) is 8.14. The third-order valence-corrected chi connectivity index (χ3v) is 2.74. The van der Waals surface area contributed by atoms with Crippen LogP contribution in [0.1, 0.15) is 32.0 Å². The zero-order valence-corrected chi connectivity index (χ0v) is 10.4. The quantitative estimate of drug-likeness (QED) is 0.876. The second-order valence-corrected chi connectivity index (χ2v) is 4.76. The fourth-order valence-electron chi connectivity index (χ4n) is 1.89. The molecule has 0 bridgehead atoms. The lowest BCUT2D eigenvalue weighted by molar-refractivity contribution is 0.499. The molecule has 3 heteroatoms. The van der Waals surface area contributed by atoms with Crippen LogP contribution in [0.15, 0.2) is 42.6 Å². The van der Waals surface area contributed by atoms with E-state index in [9.17, 15) is 0 Å². The molecule has 0 fully saturated rings. The Bertz CT molecular complexity index is 459. The number of para-hydroxylation sites is 1. The van der Waals surface area contributed by atoms with Crippen LogP contribution in [0.5, 0.6) is 0 Å². The van der Waals surface area contributed by atoms with E-state index in [2.05, 4.69) is 18.9 Å². The van der Waals surface area contributed by atoms with Crippen molar-refractivity contribution < 1.29 is 0 Å². The molecule has 1 unspecified atom stereocenters. The van der Waals surface area contributed by atoms with Gasteiger partial charge in [0.2, 0.25) is 0 Å². The average molecular weight is 229 g/mol. The van der Waals surface area contributed by atoms with Crippen molar-refractivity contribution in [2.45, 2.75) is 26.3 Å². The van der Waals surface area contributed by atoms with Crippen LogP contribution in [-0.2, 0) is 0 Å². The van der Waals surface area contributed by atoms with Gasteiger partial charge in [0.25, 0.3) is 0 Å². The van der Waals surface area contributed by atoms with Crippen LogP contribution >= 0.6 is 0 Å². The van der Waals surface area contributed by atoms with Gasteiger partial charge in [-0.05, 0) is 30.5 Å². The topological polar surface area (TPSA) is 43.8 Å². The molecular weight excluding hydrogens is 210 g/mol. The SMILES string of the molecule is CC(C)CC(N)c1ccn(-c2ccccc2)n1. The summed E-state index contributed by atoms with van der Waals surface area (Å²) in [5.74, 6) is 0.590. The molecular formula is C14H19N3. The Morgan fingerprint density at radius 3 is 2.53 bits per heavy atom. The Morgan fingerprint density at radius 1 is 1.18 bits per heavy atom. The monoisotopic (exact) mass is 229 g/mol. The first-order chi connectivity index (χ1) is 8.16. The molecule has 1 aromatic carbocycles. The summed E-state index contributed by atoms with van der Waals surface area (Å²) in [6, 6.07) is 12.1. The molecule has 0 aliphatic heterocycles. The van der Waals surface area contributed by atoms with Gasteiger partial charge in [-0.15, -0.1) is 0 Å². The number of hydrogen-bond acceptors (Lipinski definition) is 2. The smallest absolute Gasteiger partial charge is 0.0796 e. The van der Waals surface area contributed by atoms with E-state index in [0.29, 0.717) is 5.92 Å². The molecule has 2 aromatic rings. The lowest BCUT2D eigenvalue weighted by Crippen LogP contribution is -2.14. The maximum Gasteiger partial charge on any atom is 0.0796 e. The van der Waals surface area contributed by atoms with Crippen LogP contribution in [0.2, 0.25) is 0 Å². The van der Waals surface area contributed by atoms with Crippen molar-refractivity contribution in [3.05, 3.63) is 48.3 Å². The lowest BCUT2D eigenvalue weighted by Gasteiger charge is -2.11. The normalized spacial score (nSPS) is 12.9. The highest BCUT2D eigenvalue weighted by Crippen LogP contribution is 2.17. The summed E-state index contributed by atoms with van der Waals surface area (Å²) in [6.45, 7) is 4.35. The van der Waals surface area contributed by atoms with Crippen LogP contribution < -0.4 is 5.73 Å². The lowest BCUT2D eigenvalue weighted by atomic mass is 10.0. The summed E-state index contributed by atoms with van der Waals surface area (Å²) < 4.78 is 1.87. The van der Waals surface area contributed by atoms with E-state index in [0.717, 1.165) is 17.8 Å². The highest BCUT2D eigenvalue weighted by atomic mass is 15.3. The first-order valence-electron chi connectivity index (χ1n) is 6.03. The summed E-state index contributed by atoms with van der Waals surface area (Å²) in [5, 5.41) is 4.53. The molecule has 0 radical (unpaired) electrons. The molecule has 2 N–H and O–H groups in total. The Hall–Kier alpha value is -1.61. The van der Waals surface area contributed by atoms with Gasteiger partial charge in [-0.25, -0.2) is 4.68 Å². The van der Waals surface area contributed by atoms with E-state index in [4.69, 9.17) is 5.73 Å². The van der Waals surface area contributed by atoms with E-state index in [1.165, 1.54) is 0 Å². The molecule has 0 aliphatic carbocycles. The molecule has 0 spiro atoms. The van der Waals surface area contributed by atoms with E-state index < -0.39 is 0 Å². The van der Waals surface area contributed by atoms with Crippen LogP contribution in [0.4, 0.5) is 0 Å². The number of nitrogens with two attached hydrogens (primary N) is 1. The van der Waals surface area contributed by atoms with Gasteiger partial charge in [-0.1, -0.05) is 32.0 Å².